The van der Waals surface area contributed by atoms with E-state index in [9.17, 15) is 9.59 Å². The average Bonchev–Trinajstić information content (AvgIpc) is 3.28. The second kappa shape index (κ2) is 11.3. The minimum absolute atomic E-state index is 0.101. The number of carbonyl (C=O) groups is 2. The van der Waals surface area contributed by atoms with Crippen LogP contribution in [0.1, 0.15) is 37.4 Å². The summed E-state index contributed by atoms with van der Waals surface area (Å²) < 4.78 is 16.5. The van der Waals surface area contributed by atoms with Crippen LogP contribution in [0.15, 0.2) is 70.1 Å². The second-order valence-electron chi connectivity index (χ2n) is 8.04. The number of hydrogen-bond acceptors (Lipinski definition) is 9. The minimum Gasteiger partial charge on any atom is -0.497 e. The van der Waals surface area contributed by atoms with Gasteiger partial charge in [-0.3, -0.25) is 9.78 Å². The smallest absolute Gasteiger partial charge is 0.338 e. The Morgan fingerprint density at radius 3 is 2.72 bits per heavy atom. The van der Waals surface area contributed by atoms with Crippen molar-refractivity contribution in [3.8, 4) is 11.5 Å². The Kier molecular flexibility index (Phi) is 7.94. The zero-order chi connectivity index (χ0) is 25.7. The van der Waals surface area contributed by atoms with Gasteiger partial charge in [0.15, 0.2) is 5.17 Å². The van der Waals surface area contributed by atoms with Crippen LogP contribution in [0.25, 0.3) is 0 Å². The summed E-state index contributed by atoms with van der Waals surface area (Å²) in [6.07, 6.45) is 3.50. The number of rotatable bonds is 9. The fourth-order valence-corrected chi connectivity index (χ4v) is 5.08. The third-order valence-corrected chi connectivity index (χ3v) is 6.67. The number of ether oxygens (including phenoxy) is 3. The van der Waals surface area contributed by atoms with Crippen LogP contribution < -0.4 is 14.8 Å². The highest BCUT2D eigenvalue weighted by molar-refractivity contribution is 8.16. The van der Waals surface area contributed by atoms with E-state index in [0.717, 1.165) is 5.56 Å². The molecule has 0 radical (unpaired) electrons. The Morgan fingerprint density at radius 2 is 2.03 bits per heavy atom. The number of hydrogen-bond donors (Lipinski definition) is 1. The number of aliphatic imine (C=N–C) groups is 1. The number of allylic oxidation sites excluding steroid dienone is 1. The van der Waals surface area contributed by atoms with Crippen molar-refractivity contribution in [2.45, 2.75) is 32.9 Å². The predicted molar refractivity (Wildman–Crippen MR) is 137 cm³/mol. The Balaban J connectivity index is 1.69. The molecule has 3 heterocycles. The molecule has 0 spiro atoms. The number of fused-ring (bicyclic) bond motifs is 1. The maximum absolute atomic E-state index is 13.2. The Morgan fingerprint density at radius 1 is 1.19 bits per heavy atom. The lowest BCUT2D eigenvalue weighted by molar-refractivity contribution is -0.139. The SMILES string of the molecule is CCOC(=O)C1=C(C)N=C2SC=C(CC(=O)NCc3cccnc3)N2C1c1cc(OC)ccc1OC. The molecule has 1 aromatic carbocycles. The minimum atomic E-state index is -0.617. The molecule has 2 aliphatic rings. The molecular formula is C26H28N4O5S. The van der Waals surface area contributed by atoms with E-state index < -0.39 is 12.0 Å². The maximum Gasteiger partial charge on any atom is 0.338 e. The number of aromatic nitrogens is 1. The van der Waals surface area contributed by atoms with Crippen LogP contribution >= 0.6 is 11.8 Å². The molecule has 0 aliphatic carbocycles. The van der Waals surface area contributed by atoms with Crippen LogP contribution in [0.2, 0.25) is 0 Å². The quantitative estimate of drug-likeness (QED) is 0.508. The van der Waals surface area contributed by atoms with Gasteiger partial charge in [0.25, 0.3) is 0 Å². The highest BCUT2D eigenvalue weighted by atomic mass is 32.2. The van der Waals surface area contributed by atoms with E-state index in [2.05, 4.69) is 15.3 Å². The third kappa shape index (κ3) is 5.23. The number of esters is 1. The second-order valence-corrected chi connectivity index (χ2v) is 8.87. The molecule has 36 heavy (non-hydrogen) atoms. The van der Waals surface area contributed by atoms with Gasteiger partial charge >= 0.3 is 5.97 Å². The van der Waals surface area contributed by atoms with Gasteiger partial charge in [-0.2, -0.15) is 0 Å². The van der Waals surface area contributed by atoms with Gasteiger partial charge in [-0.25, -0.2) is 9.79 Å². The van der Waals surface area contributed by atoms with Crippen molar-refractivity contribution in [3.05, 3.63) is 76.2 Å². The lowest BCUT2D eigenvalue weighted by Crippen LogP contribution is -2.38. The van der Waals surface area contributed by atoms with Crippen LogP contribution in [0.3, 0.4) is 0 Å². The fourth-order valence-electron chi connectivity index (χ4n) is 4.12. The summed E-state index contributed by atoms with van der Waals surface area (Å²) in [5.74, 6) is 0.563. The van der Waals surface area contributed by atoms with E-state index in [-0.39, 0.29) is 18.9 Å². The number of nitrogens with one attached hydrogen (secondary N) is 1. The zero-order valence-electron chi connectivity index (χ0n) is 20.6. The van der Waals surface area contributed by atoms with E-state index in [1.54, 1.807) is 52.6 Å². The van der Waals surface area contributed by atoms with Gasteiger partial charge in [-0.1, -0.05) is 17.8 Å². The summed E-state index contributed by atoms with van der Waals surface area (Å²) >= 11 is 1.41. The number of benzene rings is 1. The summed E-state index contributed by atoms with van der Waals surface area (Å²) in [6, 6.07) is 8.53. The highest BCUT2D eigenvalue weighted by Crippen LogP contribution is 2.47. The molecule has 1 amide bonds. The van der Waals surface area contributed by atoms with Gasteiger partial charge < -0.3 is 24.4 Å². The standard InChI is InChI=1S/C26H28N4O5S/c1-5-35-25(32)23-16(2)29-26-30(24(23)20-12-19(33-3)8-9-21(20)34-4)18(15-36-26)11-22(31)28-14-17-7-6-10-27-13-17/h6-10,12-13,15,24H,5,11,14H2,1-4H3,(H,28,31). The zero-order valence-corrected chi connectivity index (χ0v) is 21.4. The van der Waals surface area contributed by atoms with Crippen molar-refractivity contribution >= 4 is 28.8 Å². The van der Waals surface area contributed by atoms with E-state index in [1.807, 2.05) is 28.5 Å². The van der Waals surface area contributed by atoms with Crippen molar-refractivity contribution < 1.29 is 23.8 Å². The van der Waals surface area contributed by atoms with Crippen molar-refractivity contribution in [2.75, 3.05) is 20.8 Å². The summed E-state index contributed by atoms with van der Waals surface area (Å²) in [5.41, 5.74) is 3.26. The maximum atomic E-state index is 13.2. The Hall–Kier alpha value is -3.79. The molecular weight excluding hydrogens is 480 g/mol. The largest absolute Gasteiger partial charge is 0.497 e. The first-order valence-electron chi connectivity index (χ1n) is 11.5. The molecule has 2 aromatic rings. The molecule has 10 heteroatoms. The van der Waals surface area contributed by atoms with Crippen LogP contribution in [0, 0.1) is 0 Å². The van der Waals surface area contributed by atoms with Gasteiger partial charge in [-0.05, 0) is 49.1 Å². The normalized spacial score (nSPS) is 16.7. The third-order valence-electron chi connectivity index (χ3n) is 5.78. The van der Waals surface area contributed by atoms with Crippen LogP contribution in [-0.2, 0) is 20.9 Å². The van der Waals surface area contributed by atoms with E-state index in [0.29, 0.717) is 45.7 Å². The highest BCUT2D eigenvalue weighted by Gasteiger charge is 2.42. The number of pyridine rings is 1. The van der Waals surface area contributed by atoms with Gasteiger partial charge in [0.05, 0.1) is 44.6 Å². The molecule has 1 N–H and O–H groups in total. The summed E-state index contributed by atoms with van der Waals surface area (Å²) in [6.45, 7) is 4.14. The number of thioether (sulfide) groups is 1. The van der Waals surface area contributed by atoms with Crippen LogP contribution in [0.5, 0.6) is 11.5 Å². The molecule has 1 unspecified atom stereocenters. The van der Waals surface area contributed by atoms with Crippen LogP contribution in [0.4, 0.5) is 0 Å². The van der Waals surface area contributed by atoms with Gasteiger partial charge in [0.1, 0.15) is 11.5 Å². The molecule has 0 saturated heterocycles. The molecule has 188 valence electrons. The molecule has 0 bridgehead atoms. The van der Waals surface area contributed by atoms with Gasteiger partial charge in [0.2, 0.25) is 5.91 Å². The Labute approximate surface area is 214 Å². The predicted octanol–water partition coefficient (Wildman–Crippen LogP) is 3.94. The monoisotopic (exact) mass is 508 g/mol. The number of amides is 1. The van der Waals surface area contributed by atoms with Gasteiger partial charge in [0, 0.05) is 30.2 Å². The number of methoxy groups -OCH3 is 2. The molecule has 0 fully saturated rings. The van der Waals surface area contributed by atoms with Crippen molar-refractivity contribution in [1.29, 1.82) is 0 Å². The summed E-state index contributed by atoms with van der Waals surface area (Å²) in [4.78, 5) is 36.7. The Bertz CT molecular complexity index is 1240. The van der Waals surface area contributed by atoms with Crippen molar-refractivity contribution in [2.24, 2.45) is 4.99 Å². The molecule has 2 aliphatic heterocycles. The fraction of sp³-hybridized carbons (Fsp3) is 0.308. The van der Waals surface area contributed by atoms with E-state index in [1.165, 1.54) is 11.8 Å². The van der Waals surface area contributed by atoms with Crippen molar-refractivity contribution in [3.63, 3.8) is 0 Å². The average molecular weight is 509 g/mol. The molecule has 9 nitrogen and oxygen atoms in total. The lowest BCUT2D eigenvalue weighted by atomic mass is 9.92. The first-order chi connectivity index (χ1) is 17.5. The van der Waals surface area contributed by atoms with Crippen molar-refractivity contribution in [1.82, 2.24) is 15.2 Å². The van der Waals surface area contributed by atoms with Crippen LogP contribution in [-0.4, -0.2) is 47.8 Å². The first-order valence-corrected chi connectivity index (χ1v) is 12.3. The van der Waals surface area contributed by atoms with Gasteiger partial charge in [-0.15, -0.1) is 0 Å². The molecule has 4 rings (SSSR count). The van der Waals surface area contributed by atoms with E-state index in [4.69, 9.17) is 14.2 Å². The molecule has 1 atom stereocenters. The number of carbonyl (C=O) groups excluding carboxylic acids is 2. The lowest BCUT2D eigenvalue weighted by Gasteiger charge is -2.36. The number of amidine groups is 1. The summed E-state index contributed by atoms with van der Waals surface area (Å²) in [7, 11) is 3.15. The topological polar surface area (TPSA) is 102 Å². The summed E-state index contributed by atoms with van der Waals surface area (Å²) in [5, 5.41) is 5.50. The van der Waals surface area contributed by atoms with E-state index >= 15 is 0 Å². The number of nitrogens with zero attached hydrogens (tertiary/aromatic N) is 3. The first kappa shape index (κ1) is 25.3. The molecule has 1 aromatic heterocycles. The molecule has 0 saturated carbocycles.